The van der Waals surface area contributed by atoms with Gasteiger partial charge in [0.15, 0.2) is 11.5 Å². The molecule has 0 aromatic heterocycles. The fraction of sp³-hybridized carbons (Fsp3) is 0.500. The number of para-hydroxylation sites is 1. The van der Waals surface area contributed by atoms with Crippen LogP contribution >= 0.6 is 0 Å². The quantitative estimate of drug-likeness (QED) is 0.715. The molecule has 1 amide bonds. The largest absolute Gasteiger partial charge is 0.504 e. The second-order valence-electron chi connectivity index (χ2n) is 4.83. The lowest BCUT2D eigenvalue weighted by Gasteiger charge is -2.26. The van der Waals surface area contributed by atoms with Crippen LogP contribution in [0.5, 0.6) is 11.5 Å². The molecule has 0 aliphatic carbocycles. The summed E-state index contributed by atoms with van der Waals surface area (Å²) in [5, 5.41) is 22.0. The molecule has 2 rings (SSSR count). The van der Waals surface area contributed by atoms with Gasteiger partial charge in [0.2, 0.25) is 5.91 Å². The van der Waals surface area contributed by atoms with E-state index < -0.39 is 0 Å². The van der Waals surface area contributed by atoms with Gasteiger partial charge in [-0.2, -0.15) is 0 Å². The SMILES string of the molecule is O=C(CNCc1cccc(O)c1O)N1CCCCC1. The van der Waals surface area contributed by atoms with Gasteiger partial charge in [0.1, 0.15) is 0 Å². The maximum absolute atomic E-state index is 11.9. The Bertz CT molecular complexity index is 442. The van der Waals surface area contributed by atoms with Gasteiger partial charge in [-0.15, -0.1) is 0 Å². The number of hydrogen-bond donors (Lipinski definition) is 3. The van der Waals surface area contributed by atoms with Crippen LogP contribution in [0.4, 0.5) is 0 Å². The maximum Gasteiger partial charge on any atom is 0.236 e. The number of phenols is 2. The zero-order valence-corrected chi connectivity index (χ0v) is 10.9. The third-order valence-corrected chi connectivity index (χ3v) is 3.40. The van der Waals surface area contributed by atoms with Crippen molar-refractivity contribution in [3.8, 4) is 11.5 Å². The predicted octanol–water partition coefficient (Wildman–Crippen LogP) is 1.20. The van der Waals surface area contributed by atoms with Crippen LogP contribution in [0.1, 0.15) is 24.8 Å². The van der Waals surface area contributed by atoms with E-state index in [1.165, 1.54) is 12.5 Å². The van der Waals surface area contributed by atoms with Crippen molar-refractivity contribution >= 4 is 5.91 Å². The number of amides is 1. The van der Waals surface area contributed by atoms with Gasteiger partial charge in [-0.05, 0) is 25.3 Å². The molecular formula is C14H20N2O3. The summed E-state index contributed by atoms with van der Waals surface area (Å²) in [7, 11) is 0. The molecule has 3 N–H and O–H groups in total. The number of benzene rings is 1. The first-order valence-electron chi connectivity index (χ1n) is 6.67. The van der Waals surface area contributed by atoms with E-state index in [9.17, 15) is 15.0 Å². The molecule has 1 heterocycles. The van der Waals surface area contributed by atoms with Gasteiger partial charge in [0.25, 0.3) is 0 Å². The Morgan fingerprint density at radius 2 is 1.95 bits per heavy atom. The number of hydrogen-bond acceptors (Lipinski definition) is 4. The molecule has 0 atom stereocenters. The van der Waals surface area contributed by atoms with Gasteiger partial charge in [0, 0.05) is 25.2 Å². The maximum atomic E-state index is 11.9. The minimum absolute atomic E-state index is 0.0966. The van der Waals surface area contributed by atoms with Crippen molar-refractivity contribution < 1.29 is 15.0 Å². The van der Waals surface area contributed by atoms with Crippen molar-refractivity contribution in [2.24, 2.45) is 0 Å². The van der Waals surface area contributed by atoms with Gasteiger partial charge >= 0.3 is 0 Å². The normalized spacial score (nSPS) is 15.5. The smallest absolute Gasteiger partial charge is 0.236 e. The second-order valence-corrected chi connectivity index (χ2v) is 4.83. The zero-order valence-electron chi connectivity index (χ0n) is 10.9. The standard InChI is InChI=1S/C14H20N2O3/c17-12-6-4-5-11(14(12)19)9-15-10-13(18)16-7-2-1-3-8-16/h4-6,15,17,19H,1-3,7-10H2. The van der Waals surface area contributed by atoms with E-state index in [-0.39, 0.29) is 24.0 Å². The summed E-state index contributed by atoms with van der Waals surface area (Å²) in [4.78, 5) is 13.8. The number of likely N-dealkylation sites (tertiary alicyclic amines) is 1. The average Bonchev–Trinajstić information content (AvgIpc) is 2.44. The van der Waals surface area contributed by atoms with Crippen LogP contribution < -0.4 is 5.32 Å². The van der Waals surface area contributed by atoms with E-state index in [4.69, 9.17) is 0 Å². The summed E-state index contributed by atoms with van der Waals surface area (Å²) >= 11 is 0. The molecule has 1 aliphatic rings. The molecule has 0 saturated carbocycles. The Balaban J connectivity index is 1.79. The number of rotatable bonds is 4. The molecule has 1 aromatic carbocycles. The molecule has 5 nitrogen and oxygen atoms in total. The Hall–Kier alpha value is -1.75. The van der Waals surface area contributed by atoms with Crippen LogP contribution in [-0.2, 0) is 11.3 Å². The second kappa shape index (κ2) is 6.43. The molecule has 19 heavy (non-hydrogen) atoms. The number of nitrogens with zero attached hydrogens (tertiary/aromatic N) is 1. The van der Waals surface area contributed by atoms with Gasteiger partial charge in [-0.25, -0.2) is 0 Å². The van der Waals surface area contributed by atoms with Crippen LogP contribution in [0.25, 0.3) is 0 Å². The van der Waals surface area contributed by atoms with E-state index in [0.29, 0.717) is 12.1 Å². The zero-order chi connectivity index (χ0) is 13.7. The van der Waals surface area contributed by atoms with Crippen molar-refractivity contribution in [3.63, 3.8) is 0 Å². The van der Waals surface area contributed by atoms with Gasteiger partial charge in [-0.3, -0.25) is 4.79 Å². The summed E-state index contributed by atoms with van der Waals surface area (Å²) in [5.41, 5.74) is 0.589. The molecule has 1 fully saturated rings. The summed E-state index contributed by atoms with van der Waals surface area (Å²) in [6, 6.07) is 4.81. The highest BCUT2D eigenvalue weighted by Crippen LogP contribution is 2.27. The Labute approximate surface area is 112 Å². The number of carbonyl (C=O) groups excluding carboxylic acids is 1. The third-order valence-electron chi connectivity index (χ3n) is 3.40. The number of phenolic OH excluding ortho intramolecular Hbond substituents is 2. The Kier molecular flexibility index (Phi) is 4.63. The number of aromatic hydroxyl groups is 2. The molecule has 0 radical (unpaired) electrons. The summed E-state index contributed by atoms with van der Waals surface area (Å²) in [6.07, 6.45) is 3.37. The fourth-order valence-corrected chi connectivity index (χ4v) is 2.28. The lowest BCUT2D eigenvalue weighted by molar-refractivity contribution is -0.131. The minimum atomic E-state index is -0.137. The Morgan fingerprint density at radius 3 is 2.68 bits per heavy atom. The van der Waals surface area contributed by atoms with Crippen molar-refractivity contribution in [2.45, 2.75) is 25.8 Å². The van der Waals surface area contributed by atoms with E-state index in [1.807, 2.05) is 4.90 Å². The molecule has 0 unspecified atom stereocenters. The van der Waals surface area contributed by atoms with Crippen molar-refractivity contribution in [1.82, 2.24) is 10.2 Å². The summed E-state index contributed by atoms with van der Waals surface area (Å²) in [5.74, 6) is -0.165. The fourth-order valence-electron chi connectivity index (χ4n) is 2.28. The first-order chi connectivity index (χ1) is 9.18. The molecule has 104 valence electrons. The van der Waals surface area contributed by atoms with Gasteiger partial charge in [-0.1, -0.05) is 12.1 Å². The van der Waals surface area contributed by atoms with Gasteiger partial charge < -0.3 is 20.4 Å². The molecule has 1 aliphatic heterocycles. The van der Waals surface area contributed by atoms with Crippen molar-refractivity contribution in [2.75, 3.05) is 19.6 Å². The first kappa shape index (κ1) is 13.7. The van der Waals surface area contributed by atoms with Crippen LogP contribution in [0, 0.1) is 0 Å². The number of nitrogens with one attached hydrogen (secondary N) is 1. The molecule has 0 spiro atoms. The van der Waals surface area contributed by atoms with Crippen LogP contribution in [0.2, 0.25) is 0 Å². The van der Waals surface area contributed by atoms with Gasteiger partial charge in [0.05, 0.1) is 6.54 Å². The van der Waals surface area contributed by atoms with E-state index >= 15 is 0 Å². The Morgan fingerprint density at radius 1 is 1.21 bits per heavy atom. The molecule has 1 saturated heterocycles. The number of carbonyl (C=O) groups is 1. The lowest BCUT2D eigenvalue weighted by atomic mass is 10.1. The highest BCUT2D eigenvalue weighted by Gasteiger charge is 2.15. The van der Waals surface area contributed by atoms with Crippen molar-refractivity contribution in [1.29, 1.82) is 0 Å². The highest BCUT2D eigenvalue weighted by atomic mass is 16.3. The lowest BCUT2D eigenvalue weighted by Crippen LogP contribution is -2.40. The molecular weight excluding hydrogens is 244 g/mol. The highest BCUT2D eigenvalue weighted by molar-refractivity contribution is 5.78. The van der Waals surface area contributed by atoms with Crippen LogP contribution in [-0.4, -0.2) is 40.7 Å². The van der Waals surface area contributed by atoms with Crippen LogP contribution in [0.3, 0.4) is 0 Å². The average molecular weight is 264 g/mol. The summed E-state index contributed by atoms with van der Waals surface area (Å²) < 4.78 is 0. The van der Waals surface area contributed by atoms with Crippen LogP contribution in [0.15, 0.2) is 18.2 Å². The van der Waals surface area contributed by atoms with Crippen molar-refractivity contribution in [3.05, 3.63) is 23.8 Å². The third kappa shape index (κ3) is 3.61. The van der Waals surface area contributed by atoms with E-state index in [2.05, 4.69) is 5.32 Å². The minimum Gasteiger partial charge on any atom is -0.504 e. The number of piperidine rings is 1. The predicted molar refractivity (Wildman–Crippen MR) is 71.9 cm³/mol. The first-order valence-corrected chi connectivity index (χ1v) is 6.67. The summed E-state index contributed by atoms with van der Waals surface area (Å²) in [6.45, 7) is 2.31. The molecule has 0 bridgehead atoms. The monoisotopic (exact) mass is 264 g/mol. The van der Waals surface area contributed by atoms with E-state index in [0.717, 1.165) is 25.9 Å². The van der Waals surface area contributed by atoms with E-state index in [1.54, 1.807) is 12.1 Å². The topological polar surface area (TPSA) is 72.8 Å². The molecule has 5 heteroatoms. The molecule has 1 aromatic rings.